The van der Waals surface area contributed by atoms with Crippen LogP contribution < -0.4 is 5.32 Å². The second-order valence-electron chi connectivity index (χ2n) is 15.3. The fourth-order valence-corrected chi connectivity index (χ4v) is 8.42. The lowest BCUT2D eigenvalue weighted by molar-refractivity contribution is -0.135. The maximum atomic E-state index is 14.7. The number of carbonyl (C=O) groups excluding carboxylic acids is 3. The van der Waals surface area contributed by atoms with E-state index in [1.54, 1.807) is 34.3 Å². The Kier molecular flexibility index (Phi) is 10.2. The van der Waals surface area contributed by atoms with Gasteiger partial charge in [0.15, 0.2) is 0 Å². The molecule has 13 heteroatoms. The number of halogens is 1. The van der Waals surface area contributed by atoms with Crippen molar-refractivity contribution in [2.24, 2.45) is 5.92 Å². The Morgan fingerprint density at radius 1 is 0.857 bits per heavy atom. The quantitative estimate of drug-likeness (QED) is 0.142. The highest BCUT2D eigenvalue weighted by Crippen LogP contribution is 2.45. The second-order valence-corrected chi connectivity index (χ2v) is 15.3. The standard InChI is InChI=1S/C43H46FN7O5/c1-26(2)37(49-42(54)55-3)41(53)50-20-6-10-35(50)38-45-23-33(47-38)29-15-11-27(12-16-29)28-13-17-30(18-14-28)34-24-46-39(48-34)36-22-43(19-7-21-56-43)25-51(36)40(52)31-8-4-5-9-32(31)44/h4-5,8-9,11-18,23-24,26,35-37H,6-7,10,19-22,25H2,1-3H3,(H,45,47)(H,46,48)(H,49,54)/t35-,36-,37-,43-/m0/s1. The Hall–Kier alpha value is -5.82. The minimum absolute atomic E-state index is 0.0497. The molecule has 0 saturated carbocycles. The summed E-state index contributed by atoms with van der Waals surface area (Å²) < 4.78 is 25.6. The van der Waals surface area contributed by atoms with Crippen molar-refractivity contribution < 1.29 is 28.2 Å². The van der Waals surface area contributed by atoms with Crippen molar-refractivity contribution in [3.8, 4) is 33.6 Å². The third kappa shape index (κ3) is 7.18. The summed E-state index contributed by atoms with van der Waals surface area (Å²) in [7, 11) is 1.29. The van der Waals surface area contributed by atoms with E-state index in [9.17, 15) is 18.8 Å². The Labute approximate surface area is 324 Å². The Morgan fingerprint density at radius 3 is 2.04 bits per heavy atom. The van der Waals surface area contributed by atoms with E-state index in [0.717, 1.165) is 65.1 Å². The fourth-order valence-electron chi connectivity index (χ4n) is 8.42. The number of alkyl carbamates (subject to hydrolysis) is 1. The third-order valence-corrected chi connectivity index (χ3v) is 11.4. The average molecular weight is 760 g/mol. The lowest BCUT2D eigenvalue weighted by Crippen LogP contribution is -2.51. The molecule has 0 radical (unpaired) electrons. The van der Waals surface area contributed by atoms with Crippen molar-refractivity contribution in [1.29, 1.82) is 0 Å². The van der Waals surface area contributed by atoms with Gasteiger partial charge in [-0.15, -0.1) is 0 Å². The average Bonchev–Trinajstić information content (AvgIpc) is 4.07. The van der Waals surface area contributed by atoms with E-state index in [-0.39, 0.29) is 35.4 Å². The van der Waals surface area contributed by atoms with Gasteiger partial charge in [0, 0.05) is 19.6 Å². The molecule has 4 atom stereocenters. The number of aromatic nitrogens is 4. The minimum atomic E-state index is -0.691. The number of imidazole rings is 2. The number of benzene rings is 3. The topological polar surface area (TPSA) is 146 Å². The lowest BCUT2D eigenvalue weighted by atomic mass is 9.96. The molecule has 290 valence electrons. The number of methoxy groups -OCH3 is 1. The number of likely N-dealkylation sites (tertiary alicyclic amines) is 2. The van der Waals surface area contributed by atoms with E-state index in [2.05, 4.69) is 44.5 Å². The van der Waals surface area contributed by atoms with Crippen LogP contribution in [-0.2, 0) is 14.3 Å². The molecule has 3 N–H and O–H groups in total. The van der Waals surface area contributed by atoms with E-state index in [4.69, 9.17) is 14.5 Å². The molecule has 0 unspecified atom stereocenters. The zero-order valence-electron chi connectivity index (χ0n) is 31.8. The van der Waals surface area contributed by atoms with E-state index in [0.29, 0.717) is 31.9 Å². The molecule has 3 fully saturated rings. The summed E-state index contributed by atoms with van der Waals surface area (Å²) in [6.07, 6.45) is 6.96. The van der Waals surface area contributed by atoms with Crippen LogP contribution in [0.4, 0.5) is 9.18 Å². The summed E-state index contributed by atoms with van der Waals surface area (Å²) >= 11 is 0. The van der Waals surface area contributed by atoms with Crippen LogP contribution in [0.5, 0.6) is 0 Å². The van der Waals surface area contributed by atoms with Gasteiger partial charge in [-0.25, -0.2) is 19.2 Å². The summed E-state index contributed by atoms with van der Waals surface area (Å²) in [6.45, 7) is 5.43. The second kappa shape index (κ2) is 15.4. The minimum Gasteiger partial charge on any atom is -0.453 e. The maximum Gasteiger partial charge on any atom is 0.407 e. The summed E-state index contributed by atoms with van der Waals surface area (Å²) in [6, 6.07) is 21.3. The normalized spacial score (nSPS) is 21.2. The van der Waals surface area contributed by atoms with Crippen LogP contribution in [0.3, 0.4) is 0 Å². The van der Waals surface area contributed by atoms with Crippen LogP contribution in [-0.4, -0.2) is 86.1 Å². The van der Waals surface area contributed by atoms with Crippen molar-refractivity contribution in [3.05, 3.63) is 108 Å². The number of aromatic amines is 2. The van der Waals surface area contributed by atoms with E-state index < -0.39 is 23.6 Å². The monoisotopic (exact) mass is 759 g/mol. The highest BCUT2D eigenvalue weighted by Gasteiger charge is 2.50. The van der Waals surface area contributed by atoms with Crippen LogP contribution in [0.25, 0.3) is 33.6 Å². The molecule has 3 amide bonds. The van der Waals surface area contributed by atoms with Crippen molar-refractivity contribution >= 4 is 17.9 Å². The smallest absolute Gasteiger partial charge is 0.407 e. The van der Waals surface area contributed by atoms with Crippen LogP contribution >= 0.6 is 0 Å². The van der Waals surface area contributed by atoms with E-state index in [1.807, 2.05) is 38.1 Å². The lowest BCUT2D eigenvalue weighted by Gasteiger charge is -2.30. The number of nitrogens with zero attached hydrogens (tertiary/aromatic N) is 4. The molecule has 1 spiro atoms. The van der Waals surface area contributed by atoms with Gasteiger partial charge < -0.3 is 34.6 Å². The first kappa shape index (κ1) is 37.1. The summed E-state index contributed by atoms with van der Waals surface area (Å²) in [5, 5.41) is 2.69. The van der Waals surface area contributed by atoms with Gasteiger partial charge in [-0.2, -0.15) is 0 Å². The molecule has 0 bridgehead atoms. The summed E-state index contributed by atoms with van der Waals surface area (Å²) in [4.78, 5) is 59.0. The van der Waals surface area contributed by atoms with Gasteiger partial charge in [-0.1, -0.05) is 74.5 Å². The molecular formula is C43H46FN7O5. The zero-order valence-corrected chi connectivity index (χ0v) is 31.8. The molecular weight excluding hydrogens is 714 g/mol. The summed E-state index contributed by atoms with van der Waals surface area (Å²) in [5.41, 5.74) is 5.29. The van der Waals surface area contributed by atoms with Crippen LogP contribution in [0.15, 0.2) is 85.2 Å². The van der Waals surface area contributed by atoms with Gasteiger partial charge in [0.05, 0.1) is 60.7 Å². The molecule has 3 saturated heterocycles. The number of carbonyl (C=O) groups is 3. The first-order valence-corrected chi connectivity index (χ1v) is 19.3. The highest BCUT2D eigenvalue weighted by atomic mass is 19.1. The Morgan fingerprint density at radius 2 is 1.46 bits per heavy atom. The Bertz CT molecular complexity index is 2210. The number of nitrogens with one attached hydrogen (secondary N) is 3. The maximum absolute atomic E-state index is 14.7. The molecule has 5 heterocycles. The SMILES string of the molecule is COC(=O)N[C@H](C(=O)N1CCC[C@H]1c1ncc(-c2ccc(-c3ccc(-c4cnc([C@@H]5C[C@@]6(CCCO6)CN5C(=O)c5ccccc5F)[nH]4)cc3)cc2)[nH]1)C(C)C. The van der Waals surface area contributed by atoms with Gasteiger partial charge >= 0.3 is 6.09 Å². The van der Waals surface area contributed by atoms with Gasteiger partial charge in [0.2, 0.25) is 5.91 Å². The first-order chi connectivity index (χ1) is 27.1. The molecule has 3 aliphatic heterocycles. The van der Waals surface area contributed by atoms with E-state index >= 15 is 0 Å². The fraction of sp³-hybridized carbons (Fsp3) is 0.372. The number of rotatable bonds is 9. The highest BCUT2D eigenvalue weighted by molar-refractivity contribution is 5.95. The largest absolute Gasteiger partial charge is 0.453 e. The zero-order chi connectivity index (χ0) is 39.0. The molecule has 2 aromatic heterocycles. The molecule has 3 aliphatic rings. The van der Waals surface area contributed by atoms with Gasteiger partial charge in [-0.3, -0.25) is 9.59 Å². The molecule has 12 nitrogen and oxygen atoms in total. The van der Waals surface area contributed by atoms with Gasteiger partial charge in [-0.05, 0) is 66.0 Å². The van der Waals surface area contributed by atoms with Crippen molar-refractivity contribution in [2.75, 3.05) is 26.8 Å². The van der Waals surface area contributed by atoms with Gasteiger partial charge in [0.25, 0.3) is 5.91 Å². The predicted octanol–water partition coefficient (Wildman–Crippen LogP) is 7.45. The number of hydrogen-bond donors (Lipinski definition) is 3. The first-order valence-electron chi connectivity index (χ1n) is 19.3. The van der Waals surface area contributed by atoms with E-state index in [1.165, 1.54) is 19.2 Å². The number of hydrogen-bond acceptors (Lipinski definition) is 7. The molecule has 8 rings (SSSR count). The molecule has 0 aliphatic carbocycles. The van der Waals surface area contributed by atoms with Crippen molar-refractivity contribution in [3.63, 3.8) is 0 Å². The number of H-pyrrole nitrogens is 2. The predicted molar refractivity (Wildman–Crippen MR) is 208 cm³/mol. The number of ether oxygens (including phenoxy) is 2. The van der Waals surface area contributed by atoms with Crippen molar-refractivity contribution in [1.82, 2.24) is 35.1 Å². The summed E-state index contributed by atoms with van der Waals surface area (Å²) in [5.74, 6) is 0.223. The van der Waals surface area contributed by atoms with Crippen molar-refractivity contribution in [2.45, 2.75) is 69.7 Å². The molecule has 5 aromatic rings. The third-order valence-electron chi connectivity index (χ3n) is 11.4. The number of amides is 3. The Balaban J connectivity index is 0.948. The molecule has 3 aromatic carbocycles. The van der Waals surface area contributed by atoms with Crippen LogP contribution in [0.1, 0.15) is 80.0 Å². The van der Waals surface area contributed by atoms with Gasteiger partial charge in [0.1, 0.15) is 23.5 Å². The van der Waals surface area contributed by atoms with Crippen LogP contribution in [0.2, 0.25) is 0 Å². The molecule has 56 heavy (non-hydrogen) atoms. The van der Waals surface area contributed by atoms with Crippen LogP contribution in [0, 0.1) is 11.7 Å².